The van der Waals surface area contributed by atoms with E-state index in [1.807, 2.05) is 12.1 Å². The molecule has 30 heavy (non-hydrogen) atoms. The van der Waals surface area contributed by atoms with Crippen LogP contribution >= 0.6 is 46.6 Å². The van der Waals surface area contributed by atoms with Gasteiger partial charge in [-0.3, -0.25) is 9.59 Å². The molecule has 0 aliphatic carbocycles. The molecule has 1 unspecified atom stereocenters. The summed E-state index contributed by atoms with van der Waals surface area (Å²) in [4.78, 5) is 25.6. The van der Waals surface area contributed by atoms with Crippen LogP contribution in [0.1, 0.15) is 17.3 Å². The number of amides is 2. The molecular weight excluding hydrogens is 463 g/mol. The van der Waals surface area contributed by atoms with Crippen molar-refractivity contribution in [1.82, 2.24) is 0 Å². The molecule has 0 aromatic heterocycles. The lowest BCUT2D eigenvalue weighted by atomic mass is 10.2. The number of anilines is 2. The summed E-state index contributed by atoms with van der Waals surface area (Å²) >= 11 is 19.3. The van der Waals surface area contributed by atoms with Gasteiger partial charge < -0.3 is 10.6 Å². The van der Waals surface area contributed by atoms with Gasteiger partial charge in [-0.2, -0.15) is 0 Å². The van der Waals surface area contributed by atoms with Gasteiger partial charge in [-0.15, -0.1) is 11.8 Å². The van der Waals surface area contributed by atoms with E-state index in [2.05, 4.69) is 10.6 Å². The lowest BCUT2D eigenvalue weighted by Gasteiger charge is -2.13. The zero-order chi connectivity index (χ0) is 21.7. The van der Waals surface area contributed by atoms with E-state index >= 15 is 0 Å². The van der Waals surface area contributed by atoms with Gasteiger partial charge in [0.2, 0.25) is 5.91 Å². The molecule has 154 valence electrons. The Bertz CT molecular complexity index is 1070. The Kier molecular flexibility index (Phi) is 7.67. The SMILES string of the molecule is CC(Sc1ccc(NC(=O)c2cccc(Cl)c2)cc1)C(=O)Nc1ccc(Cl)cc1Cl. The summed E-state index contributed by atoms with van der Waals surface area (Å²) in [6.45, 7) is 1.80. The first-order valence-corrected chi connectivity index (χ1v) is 10.9. The second-order valence-electron chi connectivity index (χ2n) is 6.36. The molecular formula is C22H17Cl3N2O2S. The van der Waals surface area contributed by atoms with Crippen molar-refractivity contribution in [3.8, 4) is 0 Å². The Morgan fingerprint density at radius 2 is 1.57 bits per heavy atom. The highest BCUT2D eigenvalue weighted by molar-refractivity contribution is 8.00. The third kappa shape index (κ3) is 6.16. The summed E-state index contributed by atoms with van der Waals surface area (Å²) in [6.07, 6.45) is 0. The highest BCUT2D eigenvalue weighted by atomic mass is 35.5. The molecule has 0 spiro atoms. The molecule has 0 saturated carbocycles. The first-order chi connectivity index (χ1) is 14.3. The van der Waals surface area contributed by atoms with Crippen LogP contribution in [0.15, 0.2) is 71.6 Å². The van der Waals surface area contributed by atoms with Gasteiger partial charge in [0.25, 0.3) is 5.91 Å². The van der Waals surface area contributed by atoms with E-state index in [1.165, 1.54) is 11.8 Å². The summed E-state index contributed by atoms with van der Waals surface area (Å²) in [5.41, 5.74) is 1.64. The Balaban J connectivity index is 1.58. The molecule has 3 rings (SSSR count). The summed E-state index contributed by atoms with van der Waals surface area (Å²) in [5.74, 6) is -0.423. The van der Waals surface area contributed by atoms with Gasteiger partial charge in [0.05, 0.1) is 16.0 Å². The minimum Gasteiger partial charge on any atom is -0.324 e. The topological polar surface area (TPSA) is 58.2 Å². The summed E-state index contributed by atoms with van der Waals surface area (Å²) in [5, 5.41) is 6.65. The smallest absolute Gasteiger partial charge is 0.255 e. The highest BCUT2D eigenvalue weighted by Crippen LogP contribution is 2.29. The molecule has 3 aromatic carbocycles. The minimum atomic E-state index is -0.358. The second-order valence-corrected chi connectivity index (χ2v) is 9.06. The van der Waals surface area contributed by atoms with Gasteiger partial charge in [-0.1, -0.05) is 40.9 Å². The number of rotatable bonds is 6. The van der Waals surface area contributed by atoms with Crippen molar-refractivity contribution in [2.75, 3.05) is 10.6 Å². The molecule has 0 bridgehead atoms. The summed E-state index contributed by atoms with van der Waals surface area (Å²) < 4.78 is 0. The molecule has 8 heteroatoms. The monoisotopic (exact) mass is 478 g/mol. The van der Waals surface area contributed by atoms with Gasteiger partial charge in [-0.05, 0) is 67.6 Å². The van der Waals surface area contributed by atoms with Crippen molar-refractivity contribution in [2.24, 2.45) is 0 Å². The number of carbonyl (C=O) groups excluding carboxylic acids is 2. The standard InChI is InChI=1S/C22H17Cl3N2O2S/c1-13(21(28)27-20-10-5-16(24)12-19(20)25)30-18-8-6-17(7-9-18)26-22(29)14-3-2-4-15(23)11-14/h2-13H,1H3,(H,26,29)(H,27,28). The molecule has 0 heterocycles. The molecule has 0 radical (unpaired) electrons. The van der Waals surface area contributed by atoms with Crippen molar-refractivity contribution in [1.29, 1.82) is 0 Å². The number of benzene rings is 3. The quantitative estimate of drug-likeness (QED) is 0.374. The van der Waals surface area contributed by atoms with E-state index in [0.29, 0.717) is 32.0 Å². The van der Waals surface area contributed by atoms with Crippen molar-refractivity contribution < 1.29 is 9.59 Å². The van der Waals surface area contributed by atoms with E-state index in [-0.39, 0.29) is 17.1 Å². The maximum Gasteiger partial charge on any atom is 0.255 e. The molecule has 0 fully saturated rings. The Morgan fingerprint density at radius 1 is 0.867 bits per heavy atom. The summed E-state index contributed by atoms with van der Waals surface area (Å²) in [6, 6.07) is 18.9. The Morgan fingerprint density at radius 3 is 2.23 bits per heavy atom. The molecule has 0 aliphatic heterocycles. The lowest BCUT2D eigenvalue weighted by molar-refractivity contribution is -0.115. The molecule has 0 saturated heterocycles. The number of halogens is 3. The Hall–Kier alpha value is -2.18. The second kappa shape index (κ2) is 10.2. The number of carbonyl (C=O) groups is 2. The van der Waals surface area contributed by atoms with Crippen molar-refractivity contribution in [2.45, 2.75) is 17.1 Å². The average molecular weight is 480 g/mol. The average Bonchev–Trinajstić information content (AvgIpc) is 2.71. The van der Waals surface area contributed by atoms with Crippen LogP contribution in [0.4, 0.5) is 11.4 Å². The fraction of sp³-hybridized carbons (Fsp3) is 0.0909. The maximum absolute atomic E-state index is 12.5. The first-order valence-electron chi connectivity index (χ1n) is 8.91. The number of hydrogen-bond donors (Lipinski definition) is 2. The van der Waals surface area contributed by atoms with E-state index < -0.39 is 0 Å². The van der Waals surface area contributed by atoms with E-state index in [9.17, 15) is 9.59 Å². The van der Waals surface area contributed by atoms with Crippen molar-refractivity contribution in [3.05, 3.63) is 87.4 Å². The van der Waals surface area contributed by atoms with Gasteiger partial charge >= 0.3 is 0 Å². The predicted molar refractivity (Wildman–Crippen MR) is 126 cm³/mol. The fourth-order valence-corrected chi connectivity index (χ4v) is 4.05. The largest absolute Gasteiger partial charge is 0.324 e. The molecule has 4 nitrogen and oxygen atoms in total. The molecule has 3 aromatic rings. The highest BCUT2D eigenvalue weighted by Gasteiger charge is 2.16. The molecule has 2 N–H and O–H groups in total. The first kappa shape index (κ1) is 22.5. The Labute approximate surface area is 193 Å². The van der Waals surface area contributed by atoms with E-state index in [1.54, 1.807) is 61.5 Å². The number of thioether (sulfide) groups is 1. The lowest BCUT2D eigenvalue weighted by Crippen LogP contribution is -2.22. The maximum atomic E-state index is 12.5. The van der Waals surface area contributed by atoms with Crippen LogP contribution < -0.4 is 10.6 Å². The van der Waals surface area contributed by atoms with Gasteiger partial charge in [0.1, 0.15) is 0 Å². The van der Waals surface area contributed by atoms with Gasteiger partial charge in [0.15, 0.2) is 0 Å². The van der Waals surface area contributed by atoms with Gasteiger partial charge in [0, 0.05) is 26.2 Å². The van der Waals surface area contributed by atoms with Crippen LogP contribution in [0.25, 0.3) is 0 Å². The molecule has 1 atom stereocenters. The van der Waals surface area contributed by atoms with E-state index in [0.717, 1.165) is 4.90 Å². The normalized spacial score (nSPS) is 11.6. The van der Waals surface area contributed by atoms with Gasteiger partial charge in [-0.25, -0.2) is 0 Å². The third-order valence-corrected chi connectivity index (χ3v) is 5.96. The zero-order valence-corrected chi connectivity index (χ0v) is 18.9. The number of hydrogen-bond acceptors (Lipinski definition) is 3. The van der Waals surface area contributed by atoms with E-state index in [4.69, 9.17) is 34.8 Å². The van der Waals surface area contributed by atoms with Crippen LogP contribution in [0.2, 0.25) is 15.1 Å². The minimum absolute atomic E-state index is 0.178. The molecule has 0 aliphatic rings. The van der Waals surface area contributed by atoms with Crippen molar-refractivity contribution >= 4 is 69.8 Å². The zero-order valence-electron chi connectivity index (χ0n) is 15.8. The van der Waals surface area contributed by atoms with Crippen LogP contribution in [0.3, 0.4) is 0 Å². The predicted octanol–water partition coefficient (Wildman–Crippen LogP) is 7.02. The fourth-order valence-electron chi connectivity index (χ4n) is 2.53. The molecule has 2 amide bonds. The van der Waals surface area contributed by atoms with Crippen LogP contribution in [0, 0.1) is 0 Å². The third-order valence-electron chi connectivity index (χ3n) is 4.07. The van der Waals surface area contributed by atoms with Crippen LogP contribution in [0.5, 0.6) is 0 Å². The van der Waals surface area contributed by atoms with Crippen LogP contribution in [-0.4, -0.2) is 17.1 Å². The van der Waals surface area contributed by atoms with Crippen LogP contribution in [-0.2, 0) is 4.79 Å². The summed E-state index contributed by atoms with van der Waals surface area (Å²) in [7, 11) is 0. The van der Waals surface area contributed by atoms with Crippen molar-refractivity contribution in [3.63, 3.8) is 0 Å². The number of nitrogens with one attached hydrogen (secondary N) is 2.